The van der Waals surface area contributed by atoms with Crippen molar-refractivity contribution in [2.24, 2.45) is 0 Å². The summed E-state index contributed by atoms with van der Waals surface area (Å²) in [4.78, 5) is 0.241. The van der Waals surface area contributed by atoms with Crippen molar-refractivity contribution in [3.8, 4) is 0 Å². The molecule has 1 N–H and O–H groups in total. The van der Waals surface area contributed by atoms with Gasteiger partial charge in [0.1, 0.15) is 0 Å². The Hall–Kier alpha value is -1.94. The molecule has 1 aliphatic rings. The quantitative estimate of drug-likeness (QED) is 0.502. The summed E-state index contributed by atoms with van der Waals surface area (Å²) in [5, 5.41) is 10.6. The molecule has 3 aromatic rings. The molecule has 1 aliphatic heterocycles. The van der Waals surface area contributed by atoms with E-state index in [9.17, 15) is 5.11 Å². The molecule has 0 aliphatic carbocycles. The second-order valence-corrected chi connectivity index (χ2v) is 10.4. The Morgan fingerprint density at radius 3 is 2.20 bits per heavy atom. The van der Waals surface area contributed by atoms with Gasteiger partial charge in [0, 0.05) is 0 Å². The molecule has 3 aromatic carbocycles. The molecule has 0 bridgehead atoms. The number of ether oxygens (including phenoxy) is 2. The van der Waals surface area contributed by atoms with Crippen LogP contribution in [-0.4, -0.2) is 38.9 Å². The predicted octanol–water partition coefficient (Wildman–Crippen LogP) is 4.30. The van der Waals surface area contributed by atoms with Gasteiger partial charge in [0.2, 0.25) is 0 Å². The zero-order chi connectivity index (χ0) is 20.6. The molecular formula is C26H28O3Se. The molecular weight excluding hydrogens is 439 g/mol. The van der Waals surface area contributed by atoms with Crippen molar-refractivity contribution >= 4 is 19.4 Å². The van der Waals surface area contributed by atoms with Crippen molar-refractivity contribution in [2.75, 3.05) is 6.61 Å². The summed E-state index contributed by atoms with van der Waals surface area (Å²) in [7, 11) is 0. The maximum absolute atomic E-state index is 10.6. The monoisotopic (exact) mass is 468 g/mol. The van der Waals surface area contributed by atoms with E-state index in [0.717, 1.165) is 5.56 Å². The number of aliphatic hydroxyl groups is 1. The predicted molar refractivity (Wildman–Crippen MR) is 121 cm³/mol. The molecule has 4 atom stereocenters. The topological polar surface area (TPSA) is 38.7 Å². The third-order valence-electron chi connectivity index (χ3n) is 5.34. The van der Waals surface area contributed by atoms with Gasteiger partial charge >= 0.3 is 185 Å². The normalized spacial score (nSPS) is 22.5. The minimum atomic E-state index is -0.350. The Bertz CT molecular complexity index is 873. The second kappa shape index (κ2) is 10.9. The van der Waals surface area contributed by atoms with Crippen LogP contribution in [0.25, 0.3) is 0 Å². The van der Waals surface area contributed by atoms with Crippen LogP contribution in [0.2, 0.25) is 4.82 Å². The Kier molecular flexibility index (Phi) is 7.74. The molecule has 3 nitrogen and oxygen atoms in total. The Balaban J connectivity index is 1.47. The van der Waals surface area contributed by atoms with Gasteiger partial charge in [-0.25, -0.2) is 0 Å². The first-order chi connectivity index (χ1) is 14.8. The fourth-order valence-corrected chi connectivity index (χ4v) is 6.24. The molecule has 30 heavy (non-hydrogen) atoms. The van der Waals surface area contributed by atoms with E-state index in [-0.39, 0.29) is 38.1 Å². The van der Waals surface area contributed by atoms with Gasteiger partial charge < -0.3 is 0 Å². The standard InChI is InChI=1S/C26H28O3Se/c27-22-16-24(21-12-6-2-7-13-21)29-25(17-22)26(30-23-14-8-3-9-15-23)19-28-18-20-10-4-1-5-11-20/h1-15,22,24-27H,16-19H2/t22-,24+,25-,26-/m1/s1. The molecule has 0 saturated carbocycles. The molecule has 0 amide bonds. The summed E-state index contributed by atoms with van der Waals surface area (Å²) >= 11 is 0.195. The van der Waals surface area contributed by atoms with Crippen LogP contribution < -0.4 is 4.46 Å². The molecule has 0 radical (unpaired) electrons. The molecule has 1 saturated heterocycles. The van der Waals surface area contributed by atoms with E-state index in [1.165, 1.54) is 10.0 Å². The van der Waals surface area contributed by atoms with Crippen molar-refractivity contribution in [3.05, 3.63) is 102 Å². The summed E-state index contributed by atoms with van der Waals surface area (Å²) < 4.78 is 14.0. The average Bonchev–Trinajstić information content (AvgIpc) is 2.80. The van der Waals surface area contributed by atoms with E-state index < -0.39 is 0 Å². The van der Waals surface area contributed by atoms with Gasteiger partial charge in [-0.3, -0.25) is 0 Å². The van der Waals surface area contributed by atoms with Gasteiger partial charge in [-0.2, -0.15) is 0 Å². The fraction of sp³-hybridized carbons (Fsp3) is 0.308. The fourth-order valence-electron chi connectivity index (χ4n) is 3.81. The molecule has 156 valence electrons. The summed E-state index contributed by atoms with van der Waals surface area (Å²) in [6, 6.07) is 31.1. The van der Waals surface area contributed by atoms with E-state index >= 15 is 0 Å². The zero-order valence-electron chi connectivity index (χ0n) is 17.0. The van der Waals surface area contributed by atoms with Gasteiger partial charge in [-0.15, -0.1) is 0 Å². The summed E-state index contributed by atoms with van der Waals surface area (Å²) in [5.74, 6) is 0. The van der Waals surface area contributed by atoms with E-state index in [2.05, 4.69) is 48.5 Å². The first-order valence-corrected chi connectivity index (χ1v) is 12.3. The second-order valence-electron chi connectivity index (χ2n) is 7.67. The van der Waals surface area contributed by atoms with Crippen LogP contribution in [0.15, 0.2) is 91.0 Å². The molecule has 0 aromatic heterocycles. The average molecular weight is 467 g/mol. The van der Waals surface area contributed by atoms with E-state index in [0.29, 0.717) is 26.1 Å². The van der Waals surface area contributed by atoms with Crippen LogP contribution in [0.5, 0.6) is 0 Å². The number of rotatable bonds is 8. The van der Waals surface area contributed by atoms with Crippen molar-refractivity contribution in [1.29, 1.82) is 0 Å². The molecule has 1 heterocycles. The van der Waals surface area contributed by atoms with Crippen molar-refractivity contribution in [3.63, 3.8) is 0 Å². The van der Waals surface area contributed by atoms with E-state index in [1.807, 2.05) is 42.5 Å². The van der Waals surface area contributed by atoms with Crippen LogP contribution in [0.4, 0.5) is 0 Å². The van der Waals surface area contributed by atoms with E-state index in [4.69, 9.17) is 9.47 Å². The Labute approximate surface area is 185 Å². The van der Waals surface area contributed by atoms with Crippen LogP contribution >= 0.6 is 0 Å². The first kappa shape index (κ1) is 21.3. The van der Waals surface area contributed by atoms with Crippen LogP contribution in [0.3, 0.4) is 0 Å². The van der Waals surface area contributed by atoms with Gasteiger partial charge in [0.15, 0.2) is 0 Å². The number of hydrogen-bond donors (Lipinski definition) is 1. The molecule has 1 fully saturated rings. The van der Waals surface area contributed by atoms with Crippen LogP contribution in [0.1, 0.15) is 30.1 Å². The molecule has 0 unspecified atom stereocenters. The van der Waals surface area contributed by atoms with Gasteiger partial charge in [0.05, 0.1) is 0 Å². The third kappa shape index (κ3) is 6.04. The summed E-state index contributed by atoms with van der Waals surface area (Å²) in [6.45, 7) is 1.22. The number of aliphatic hydroxyl groups excluding tert-OH is 1. The zero-order valence-corrected chi connectivity index (χ0v) is 18.7. The SMILES string of the molecule is O[C@@H]1C[C@@H](c2ccccc2)O[C@@H]([C@@H](COCc2ccccc2)[Se]c2ccccc2)C1. The molecule has 4 heteroatoms. The summed E-state index contributed by atoms with van der Waals surface area (Å²) in [5.41, 5.74) is 2.31. The minimum absolute atomic E-state index is 0.0186. The Morgan fingerprint density at radius 2 is 1.50 bits per heavy atom. The van der Waals surface area contributed by atoms with Crippen LogP contribution in [0, 0.1) is 0 Å². The molecule has 0 spiro atoms. The number of benzene rings is 3. The van der Waals surface area contributed by atoms with E-state index in [1.54, 1.807) is 0 Å². The summed E-state index contributed by atoms with van der Waals surface area (Å²) in [6.07, 6.45) is 0.878. The first-order valence-electron chi connectivity index (χ1n) is 10.5. The molecule has 4 rings (SSSR count). The maximum atomic E-state index is 10.6. The van der Waals surface area contributed by atoms with Gasteiger partial charge in [-0.1, -0.05) is 0 Å². The van der Waals surface area contributed by atoms with Crippen molar-refractivity contribution in [1.82, 2.24) is 0 Å². The number of hydrogen-bond acceptors (Lipinski definition) is 3. The van der Waals surface area contributed by atoms with Gasteiger partial charge in [0.25, 0.3) is 0 Å². The van der Waals surface area contributed by atoms with Gasteiger partial charge in [-0.05, 0) is 0 Å². The third-order valence-corrected chi connectivity index (χ3v) is 8.04. The van der Waals surface area contributed by atoms with Crippen molar-refractivity contribution < 1.29 is 14.6 Å². The van der Waals surface area contributed by atoms with Crippen LogP contribution in [-0.2, 0) is 16.1 Å². The van der Waals surface area contributed by atoms with Crippen molar-refractivity contribution in [2.45, 2.75) is 42.6 Å². The Morgan fingerprint density at radius 1 is 0.867 bits per heavy atom.